The van der Waals surface area contributed by atoms with Crippen molar-refractivity contribution in [3.8, 4) is 17.1 Å². The molecule has 0 unspecified atom stereocenters. The molecular formula is C17H19N5O. The highest BCUT2D eigenvalue weighted by molar-refractivity contribution is 5.53. The Kier molecular flexibility index (Phi) is 4.34. The number of nitrogens with zero attached hydrogens (tertiary/aromatic N) is 5. The van der Waals surface area contributed by atoms with Crippen molar-refractivity contribution in [3.63, 3.8) is 0 Å². The van der Waals surface area contributed by atoms with Crippen LogP contribution in [-0.4, -0.2) is 44.9 Å². The molecule has 1 aromatic carbocycles. The van der Waals surface area contributed by atoms with Crippen LogP contribution in [0.2, 0.25) is 0 Å². The molecule has 0 amide bonds. The van der Waals surface area contributed by atoms with E-state index in [4.69, 9.17) is 0 Å². The molecule has 2 aromatic heterocycles. The third-order valence-electron chi connectivity index (χ3n) is 3.55. The smallest absolute Gasteiger partial charge is 0.308 e. The number of hydrogen-bond donors (Lipinski definition) is 0. The summed E-state index contributed by atoms with van der Waals surface area (Å²) in [5.74, 6) is 0.633. The van der Waals surface area contributed by atoms with Crippen molar-refractivity contribution in [2.75, 3.05) is 20.6 Å². The van der Waals surface area contributed by atoms with Gasteiger partial charge in [-0.05, 0) is 38.4 Å². The Hall–Kier alpha value is -2.73. The Labute approximate surface area is 134 Å². The number of likely N-dealkylation sites (N-methyl/N-ethyl adjacent to an activating group) is 1. The number of pyridine rings is 1. The second-order valence-corrected chi connectivity index (χ2v) is 5.55. The zero-order valence-electron chi connectivity index (χ0n) is 13.3. The van der Waals surface area contributed by atoms with Gasteiger partial charge >= 0.3 is 5.69 Å². The van der Waals surface area contributed by atoms with Crippen molar-refractivity contribution < 1.29 is 0 Å². The van der Waals surface area contributed by atoms with Crippen molar-refractivity contribution in [1.82, 2.24) is 24.2 Å². The number of benzene rings is 1. The van der Waals surface area contributed by atoms with Crippen LogP contribution >= 0.6 is 0 Å². The molecule has 0 saturated carbocycles. The standard InChI is InChI=1S/C17H19N5O/c1-20(2)11-12-21-16(14-7-6-10-18-13-14)19-22(17(21)23)15-8-4-3-5-9-15/h3-10,13H,11-12H2,1-2H3. The Morgan fingerprint density at radius 2 is 1.87 bits per heavy atom. The first-order chi connectivity index (χ1) is 11.2. The normalized spacial score (nSPS) is 11.1. The zero-order valence-corrected chi connectivity index (χ0v) is 13.3. The third-order valence-corrected chi connectivity index (χ3v) is 3.55. The van der Waals surface area contributed by atoms with E-state index in [0.717, 1.165) is 17.8 Å². The first kappa shape index (κ1) is 15.2. The van der Waals surface area contributed by atoms with Gasteiger partial charge in [-0.25, -0.2) is 4.79 Å². The van der Waals surface area contributed by atoms with Crippen LogP contribution in [0.15, 0.2) is 59.7 Å². The molecule has 0 aliphatic heterocycles. The number of aromatic nitrogens is 4. The Bertz CT molecular complexity index is 821. The highest BCUT2D eigenvalue weighted by Crippen LogP contribution is 2.15. The lowest BCUT2D eigenvalue weighted by atomic mass is 10.3. The van der Waals surface area contributed by atoms with Gasteiger partial charge in [0.2, 0.25) is 0 Å². The zero-order chi connectivity index (χ0) is 16.2. The molecule has 0 spiro atoms. The molecule has 0 fully saturated rings. The fourth-order valence-electron chi connectivity index (χ4n) is 2.34. The quantitative estimate of drug-likeness (QED) is 0.719. The van der Waals surface area contributed by atoms with Gasteiger partial charge in [0.15, 0.2) is 5.82 Å². The average molecular weight is 309 g/mol. The lowest BCUT2D eigenvalue weighted by Crippen LogP contribution is -2.28. The highest BCUT2D eigenvalue weighted by atomic mass is 16.2. The summed E-state index contributed by atoms with van der Waals surface area (Å²) < 4.78 is 3.14. The first-order valence-electron chi connectivity index (χ1n) is 7.47. The fourth-order valence-corrected chi connectivity index (χ4v) is 2.34. The summed E-state index contributed by atoms with van der Waals surface area (Å²) >= 11 is 0. The van der Waals surface area contributed by atoms with Gasteiger partial charge in [0, 0.05) is 31.0 Å². The first-order valence-corrected chi connectivity index (χ1v) is 7.47. The van der Waals surface area contributed by atoms with Gasteiger partial charge in [-0.2, -0.15) is 4.68 Å². The minimum atomic E-state index is -0.142. The Balaban J connectivity index is 2.12. The van der Waals surface area contributed by atoms with Gasteiger partial charge < -0.3 is 4.90 Å². The number of rotatable bonds is 5. The van der Waals surface area contributed by atoms with Crippen LogP contribution in [0.1, 0.15) is 0 Å². The SMILES string of the molecule is CN(C)CCn1c(-c2cccnc2)nn(-c2ccccc2)c1=O. The van der Waals surface area contributed by atoms with E-state index in [1.54, 1.807) is 17.0 Å². The minimum absolute atomic E-state index is 0.142. The van der Waals surface area contributed by atoms with Crippen LogP contribution in [0, 0.1) is 0 Å². The highest BCUT2D eigenvalue weighted by Gasteiger charge is 2.16. The average Bonchev–Trinajstić information content (AvgIpc) is 2.91. The molecule has 0 saturated heterocycles. The molecule has 0 atom stereocenters. The lowest BCUT2D eigenvalue weighted by Gasteiger charge is -2.10. The molecular weight excluding hydrogens is 290 g/mol. The van der Waals surface area contributed by atoms with Gasteiger partial charge in [-0.1, -0.05) is 18.2 Å². The Morgan fingerprint density at radius 3 is 2.52 bits per heavy atom. The monoisotopic (exact) mass is 309 g/mol. The maximum atomic E-state index is 12.8. The second kappa shape index (κ2) is 6.58. The summed E-state index contributed by atoms with van der Waals surface area (Å²) in [7, 11) is 3.97. The summed E-state index contributed by atoms with van der Waals surface area (Å²) in [5, 5.41) is 4.54. The summed E-state index contributed by atoms with van der Waals surface area (Å²) in [6.45, 7) is 1.33. The van der Waals surface area contributed by atoms with Crippen molar-refractivity contribution in [3.05, 3.63) is 65.3 Å². The second-order valence-electron chi connectivity index (χ2n) is 5.55. The molecule has 0 aliphatic rings. The summed E-state index contributed by atoms with van der Waals surface area (Å²) in [6.07, 6.45) is 3.43. The van der Waals surface area contributed by atoms with E-state index >= 15 is 0 Å². The van der Waals surface area contributed by atoms with Crippen molar-refractivity contribution in [2.45, 2.75) is 6.54 Å². The summed E-state index contributed by atoms with van der Waals surface area (Å²) in [4.78, 5) is 19.0. The molecule has 23 heavy (non-hydrogen) atoms. The van der Waals surface area contributed by atoms with E-state index in [9.17, 15) is 4.79 Å². The van der Waals surface area contributed by atoms with E-state index < -0.39 is 0 Å². The van der Waals surface area contributed by atoms with Crippen molar-refractivity contribution >= 4 is 0 Å². The van der Waals surface area contributed by atoms with Gasteiger partial charge in [0.25, 0.3) is 0 Å². The molecule has 6 nitrogen and oxygen atoms in total. The van der Waals surface area contributed by atoms with E-state index in [1.807, 2.05) is 61.5 Å². The minimum Gasteiger partial charge on any atom is -0.308 e. The summed E-state index contributed by atoms with van der Waals surface area (Å²) in [5.41, 5.74) is 1.45. The summed E-state index contributed by atoms with van der Waals surface area (Å²) in [6, 6.07) is 13.2. The molecule has 3 rings (SSSR count). The van der Waals surface area contributed by atoms with Crippen molar-refractivity contribution in [2.24, 2.45) is 0 Å². The molecule has 0 aliphatic carbocycles. The van der Waals surface area contributed by atoms with E-state index in [-0.39, 0.29) is 5.69 Å². The van der Waals surface area contributed by atoms with Gasteiger partial charge in [0.05, 0.1) is 5.69 Å². The Morgan fingerprint density at radius 1 is 1.09 bits per heavy atom. The molecule has 0 bridgehead atoms. The molecule has 118 valence electrons. The number of para-hydroxylation sites is 1. The van der Waals surface area contributed by atoms with Crippen LogP contribution in [0.25, 0.3) is 17.1 Å². The molecule has 3 aromatic rings. The van der Waals surface area contributed by atoms with Crippen LogP contribution in [0.5, 0.6) is 0 Å². The predicted octanol–water partition coefficient (Wildman–Crippen LogP) is 1.66. The van der Waals surface area contributed by atoms with E-state index in [0.29, 0.717) is 12.4 Å². The third kappa shape index (κ3) is 3.22. The van der Waals surface area contributed by atoms with E-state index in [1.165, 1.54) is 4.68 Å². The number of hydrogen-bond acceptors (Lipinski definition) is 4. The van der Waals surface area contributed by atoms with Crippen LogP contribution in [0.4, 0.5) is 0 Å². The van der Waals surface area contributed by atoms with Gasteiger partial charge in [0.1, 0.15) is 0 Å². The lowest BCUT2D eigenvalue weighted by molar-refractivity contribution is 0.381. The molecule has 0 radical (unpaired) electrons. The molecule has 0 N–H and O–H groups in total. The topological polar surface area (TPSA) is 56.0 Å². The van der Waals surface area contributed by atoms with Crippen LogP contribution in [-0.2, 0) is 6.54 Å². The van der Waals surface area contributed by atoms with Crippen molar-refractivity contribution in [1.29, 1.82) is 0 Å². The van der Waals surface area contributed by atoms with Crippen LogP contribution in [0.3, 0.4) is 0 Å². The maximum Gasteiger partial charge on any atom is 0.351 e. The largest absolute Gasteiger partial charge is 0.351 e. The predicted molar refractivity (Wildman–Crippen MR) is 89.6 cm³/mol. The molecule has 2 heterocycles. The van der Waals surface area contributed by atoms with E-state index in [2.05, 4.69) is 10.1 Å². The van der Waals surface area contributed by atoms with Crippen LogP contribution < -0.4 is 5.69 Å². The molecule has 6 heteroatoms. The maximum absolute atomic E-state index is 12.8. The van der Waals surface area contributed by atoms with Gasteiger partial charge in [-0.15, -0.1) is 5.10 Å². The van der Waals surface area contributed by atoms with Gasteiger partial charge in [-0.3, -0.25) is 9.55 Å². The fraction of sp³-hybridized carbons (Fsp3) is 0.235.